The monoisotopic (exact) mass is 294 g/mol. The fraction of sp³-hybridized carbons (Fsp3) is 0.214. The molecule has 0 spiro atoms. The standard InChI is InChI=1S/C14H12Cl2N2O/c15-10-7-12(17-13(10)16)14(19)18-11-6-5-8-3-1-2-4-9(8)11/h1-4,7,11,17H,5-6H2,(H,18,19). The number of halogens is 2. The molecule has 3 nitrogen and oxygen atoms in total. The number of H-pyrrole nitrogens is 1. The zero-order valence-electron chi connectivity index (χ0n) is 10.0. The predicted molar refractivity (Wildman–Crippen MR) is 75.8 cm³/mol. The van der Waals surface area contributed by atoms with E-state index < -0.39 is 0 Å². The molecule has 19 heavy (non-hydrogen) atoms. The van der Waals surface area contributed by atoms with Crippen LogP contribution >= 0.6 is 23.2 Å². The number of aromatic nitrogens is 1. The number of benzene rings is 1. The van der Waals surface area contributed by atoms with Gasteiger partial charge in [0.25, 0.3) is 5.91 Å². The second kappa shape index (κ2) is 4.91. The maximum atomic E-state index is 12.1. The molecule has 1 aromatic heterocycles. The SMILES string of the molecule is O=C(NC1CCc2ccccc21)c1cc(Cl)c(Cl)[nH]1. The van der Waals surface area contributed by atoms with E-state index in [-0.39, 0.29) is 11.9 Å². The minimum atomic E-state index is -0.185. The van der Waals surface area contributed by atoms with E-state index >= 15 is 0 Å². The molecule has 0 saturated carbocycles. The number of rotatable bonds is 2. The van der Waals surface area contributed by atoms with Crippen molar-refractivity contribution in [3.8, 4) is 0 Å². The zero-order chi connectivity index (χ0) is 13.4. The summed E-state index contributed by atoms with van der Waals surface area (Å²) >= 11 is 11.6. The molecule has 1 heterocycles. The van der Waals surface area contributed by atoms with E-state index in [0.717, 1.165) is 12.8 Å². The van der Waals surface area contributed by atoms with Crippen LogP contribution in [-0.4, -0.2) is 10.9 Å². The van der Waals surface area contributed by atoms with Gasteiger partial charge < -0.3 is 10.3 Å². The maximum absolute atomic E-state index is 12.1. The van der Waals surface area contributed by atoms with Crippen LogP contribution in [0.3, 0.4) is 0 Å². The first-order chi connectivity index (χ1) is 9.15. The van der Waals surface area contributed by atoms with Gasteiger partial charge in [0.1, 0.15) is 10.8 Å². The van der Waals surface area contributed by atoms with Gasteiger partial charge in [0.2, 0.25) is 0 Å². The van der Waals surface area contributed by atoms with Crippen molar-refractivity contribution in [3.05, 3.63) is 57.3 Å². The van der Waals surface area contributed by atoms with E-state index in [1.165, 1.54) is 11.1 Å². The third kappa shape index (κ3) is 2.36. The number of fused-ring (bicyclic) bond motifs is 1. The maximum Gasteiger partial charge on any atom is 0.268 e. The van der Waals surface area contributed by atoms with Crippen molar-refractivity contribution in [3.63, 3.8) is 0 Å². The fourth-order valence-corrected chi connectivity index (χ4v) is 2.78. The highest BCUT2D eigenvalue weighted by Crippen LogP contribution is 2.31. The highest BCUT2D eigenvalue weighted by Gasteiger charge is 2.24. The summed E-state index contributed by atoms with van der Waals surface area (Å²) < 4.78 is 0. The summed E-state index contributed by atoms with van der Waals surface area (Å²) in [5, 5.41) is 3.65. The van der Waals surface area contributed by atoms with E-state index in [4.69, 9.17) is 23.2 Å². The normalized spacial score (nSPS) is 17.3. The molecule has 1 atom stereocenters. The van der Waals surface area contributed by atoms with E-state index in [1.54, 1.807) is 6.07 Å². The summed E-state index contributed by atoms with van der Waals surface area (Å²) in [6, 6.07) is 9.77. The number of carbonyl (C=O) groups excluding carboxylic acids is 1. The highest BCUT2D eigenvalue weighted by molar-refractivity contribution is 6.41. The van der Waals surface area contributed by atoms with Gasteiger partial charge in [0, 0.05) is 0 Å². The van der Waals surface area contributed by atoms with Crippen LogP contribution in [0.5, 0.6) is 0 Å². The van der Waals surface area contributed by atoms with E-state index in [9.17, 15) is 4.79 Å². The predicted octanol–water partition coefficient (Wildman–Crippen LogP) is 3.74. The van der Waals surface area contributed by atoms with Crippen molar-refractivity contribution in [2.24, 2.45) is 0 Å². The first kappa shape index (κ1) is 12.6. The van der Waals surface area contributed by atoms with Gasteiger partial charge in [-0.25, -0.2) is 0 Å². The van der Waals surface area contributed by atoms with Crippen molar-refractivity contribution >= 4 is 29.1 Å². The number of aryl methyl sites for hydroxylation is 1. The van der Waals surface area contributed by atoms with Crippen molar-refractivity contribution in [1.29, 1.82) is 0 Å². The number of amides is 1. The van der Waals surface area contributed by atoms with Crippen molar-refractivity contribution in [1.82, 2.24) is 10.3 Å². The number of carbonyl (C=O) groups is 1. The third-order valence-electron chi connectivity index (χ3n) is 3.41. The molecule has 1 aromatic carbocycles. The Balaban J connectivity index is 1.78. The number of hydrogen-bond acceptors (Lipinski definition) is 1. The highest BCUT2D eigenvalue weighted by atomic mass is 35.5. The van der Waals surface area contributed by atoms with Crippen LogP contribution in [0.15, 0.2) is 30.3 Å². The average molecular weight is 295 g/mol. The molecule has 5 heteroatoms. The van der Waals surface area contributed by atoms with Crippen LogP contribution in [0.4, 0.5) is 0 Å². The molecule has 1 aliphatic carbocycles. The molecular formula is C14H12Cl2N2O. The summed E-state index contributed by atoms with van der Waals surface area (Å²) in [5.41, 5.74) is 2.88. The van der Waals surface area contributed by atoms with Gasteiger partial charge in [-0.15, -0.1) is 0 Å². The van der Waals surface area contributed by atoms with Gasteiger partial charge in [-0.1, -0.05) is 47.5 Å². The summed E-state index contributed by atoms with van der Waals surface area (Å²) in [6.45, 7) is 0. The second-order valence-electron chi connectivity index (χ2n) is 4.61. The van der Waals surface area contributed by atoms with Gasteiger partial charge in [-0.05, 0) is 30.0 Å². The van der Waals surface area contributed by atoms with Gasteiger partial charge in [-0.2, -0.15) is 0 Å². The Morgan fingerprint density at radius 3 is 2.84 bits per heavy atom. The quantitative estimate of drug-likeness (QED) is 0.871. The Morgan fingerprint density at radius 2 is 2.11 bits per heavy atom. The molecule has 0 saturated heterocycles. The zero-order valence-corrected chi connectivity index (χ0v) is 11.6. The average Bonchev–Trinajstić information content (AvgIpc) is 2.95. The van der Waals surface area contributed by atoms with Crippen LogP contribution in [0, 0.1) is 0 Å². The summed E-state index contributed by atoms with van der Waals surface area (Å²) in [7, 11) is 0. The molecule has 2 N–H and O–H groups in total. The van der Waals surface area contributed by atoms with Crippen LogP contribution in [-0.2, 0) is 6.42 Å². The van der Waals surface area contributed by atoms with E-state index in [0.29, 0.717) is 15.9 Å². The largest absolute Gasteiger partial charge is 0.344 e. The molecule has 1 aliphatic rings. The van der Waals surface area contributed by atoms with Crippen LogP contribution in [0.1, 0.15) is 34.1 Å². The minimum Gasteiger partial charge on any atom is -0.344 e. The topological polar surface area (TPSA) is 44.9 Å². The Kier molecular flexibility index (Phi) is 3.25. The fourth-order valence-electron chi connectivity index (χ4n) is 2.47. The van der Waals surface area contributed by atoms with Gasteiger partial charge in [0.05, 0.1) is 11.1 Å². The molecular weight excluding hydrogens is 283 g/mol. The molecule has 0 radical (unpaired) electrons. The van der Waals surface area contributed by atoms with E-state index in [1.807, 2.05) is 12.1 Å². The van der Waals surface area contributed by atoms with E-state index in [2.05, 4.69) is 22.4 Å². The first-order valence-corrected chi connectivity index (χ1v) is 6.83. The van der Waals surface area contributed by atoms with Gasteiger partial charge in [-0.3, -0.25) is 4.79 Å². The smallest absolute Gasteiger partial charge is 0.268 e. The molecule has 1 amide bonds. The molecule has 0 bridgehead atoms. The van der Waals surface area contributed by atoms with Gasteiger partial charge >= 0.3 is 0 Å². The van der Waals surface area contributed by atoms with Crippen LogP contribution in [0.25, 0.3) is 0 Å². The van der Waals surface area contributed by atoms with Crippen molar-refractivity contribution in [2.45, 2.75) is 18.9 Å². The molecule has 0 fully saturated rings. The number of aromatic amines is 1. The Morgan fingerprint density at radius 1 is 1.32 bits per heavy atom. The lowest BCUT2D eigenvalue weighted by Gasteiger charge is -2.13. The molecule has 2 aromatic rings. The molecule has 0 aliphatic heterocycles. The minimum absolute atomic E-state index is 0.0598. The van der Waals surface area contributed by atoms with Crippen molar-refractivity contribution < 1.29 is 4.79 Å². The van der Waals surface area contributed by atoms with Crippen LogP contribution < -0.4 is 5.32 Å². The lowest BCUT2D eigenvalue weighted by atomic mass is 10.1. The molecule has 3 rings (SSSR count). The second-order valence-corrected chi connectivity index (χ2v) is 5.39. The van der Waals surface area contributed by atoms with Crippen molar-refractivity contribution in [2.75, 3.05) is 0 Å². The molecule has 1 unspecified atom stereocenters. The Labute approximate surface area is 120 Å². The lowest BCUT2D eigenvalue weighted by Crippen LogP contribution is -2.27. The summed E-state index contributed by atoms with van der Waals surface area (Å²) in [5.74, 6) is -0.185. The first-order valence-electron chi connectivity index (χ1n) is 6.08. The third-order valence-corrected chi connectivity index (χ3v) is 4.10. The number of hydrogen-bond donors (Lipinski definition) is 2. The number of nitrogens with one attached hydrogen (secondary N) is 2. The Bertz CT molecular complexity index is 617. The Hall–Kier alpha value is -1.45. The summed E-state index contributed by atoms with van der Waals surface area (Å²) in [6.07, 6.45) is 1.92. The van der Waals surface area contributed by atoms with Gasteiger partial charge in [0.15, 0.2) is 0 Å². The lowest BCUT2D eigenvalue weighted by molar-refractivity contribution is 0.0932. The molecule has 98 valence electrons. The summed E-state index contributed by atoms with van der Waals surface area (Å²) in [4.78, 5) is 14.9. The van der Waals surface area contributed by atoms with Crippen LogP contribution in [0.2, 0.25) is 10.2 Å².